The molecule has 0 bridgehead atoms. The first kappa shape index (κ1) is 24.3. The zero-order valence-corrected chi connectivity index (χ0v) is 20.6. The van der Waals surface area contributed by atoms with Crippen LogP contribution < -0.4 is 4.74 Å². The Morgan fingerprint density at radius 3 is 2.36 bits per heavy atom. The molecule has 7 heteroatoms. The number of thiophene rings is 1. The van der Waals surface area contributed by atoms with Crippen molar-refractivity contribution in [2.45, 2.75) is 25.4 Å². The van der Waals surface area contributed by atoms with E-state index in [1.807, 2.05) is 12.1 Å². The van der Waals surface area contributed by atoms with Crippen molar-refractivity contribution in [1.82, 2.24) is 4.90 Å². The monoisotopic (exact) mass is 505 g/mol. The standard InChI is InChI=1S/C29H28FNO4S/c30-14-1-15-31-16-12-24(13-17-31)35-23-9-4-19(5-10-23)28(34)27-25-11-8-22(33)18-26(25)36-29(27)20-2-6-21(32)7-3-20/h2-11,18,24,32-33H,1,12-17H2. The molecule has 0 unspecified atom stereocenters. The normalized spacial score (nSPS) is 14.8. The first-order valence-electron chi connectivity index (χ1n) is 12.2. The number of rotatable bonds is 8. The molecule has 0 spiro atoms. The maximum absolute atomic E-state index is 13.7. The lowest BCUT2D eigenvalue weighted by Gasteiger charge is -2.31. The van der Waals surface area contributed by atoms with E-state index in [0.717, 1.165) is 58.8 Å². The van der Waals surface area contributed by atoms with E-state index in [9.17, 15) is 19.4 Å². The first-order chi connectivity index (χ1) is 17.5. The molecule has 1 aliphatic rings. The maximum atomic E-state index is 13.7. The molecule has 0 aliphatic carbocycles. The molecule has 2 heterocycles. The van der Waals surface area contributed by atoms with Crippen molar-refractivity contribution in [3.8, 4) is 27.7 Å². The summed E-state index contributed by atoms with van der Waals surface area (Å²) < 4.78 is 19.4. The van der Waals surface area contributed by atoms with Crippen LogP contribution in [0.2, 0.25) is 0 Å². The number of hydrogen-bond donors (Lipinski definition) is 2. The summed E-state index contributed by atoms with van der Waals surface area (Å²) in [7, 11) is 0. The van der Waals surface area contributed by atoms with Crippen molar-refractivity contribution >= 4 is 27.2 Å². The predicted octanol–water partition coefficient (Wildman–Crippen LogP) is 6.41. The molecule has 186 valence electrons. The SMILES string of the molecule is O=C(c1ccc(OC2CCN(CCCF)CC2)cc1)c1c(-c2ccc(O)cc2)sc2cc(O)ccc12. The van der Waals surface area contributed by atoms with Gasteiger partial charge in [-0.3, -0.25) is 9.18 Å². The molecule has 4 aromatic rings. The number of ketones is 1. The number of phenolic OH excluding ortho intramolecular Hbond substituents is 2. The highest BCUT2D eigenvalue weighted by Gasteiger charge is 2.23. The molecular formula is C29H28FNO4S. The molecule has 3 aromatic carbocycles. The van der Waals surface area contributed by atoms with Crippen LogP contribution in [0.25, 0.3) is 20.5 Å². The van der Waals surface area contributed by atoms with Gasteiger partial charge in [0.15, 0.2) is 5.78 Å². The molecule has 36 heavy (non-hydrogen) atoms. The Labute approximate surface area is 213 Å². The van der Waals surface area contributed by atoms with Crippen LogP contribution >= 0.6 is 11.3 Å². The molecule has 1 aliphatic heterocycles. The van der Waals surface area contributed by atoms with Crippen LogP contribution in [0.15, 0.2) is 66.7 Å². The number of carbonyl (C=O) groups is 1. The molecule has 0 saturated carbocycles. The summed E-state index contributed by atoms with van der Waals surface area (Å²) in [5.74, 6) is 0.927. The van der Waals surface area contributed by atoms with E-state index >= 15 is 0 Å². The van der Waals surface area contributed by atoms with Gasteiger partial charge in [-0.05, 0) is 91.6 Å². The highest BCUT2D eigenvalue weighted by Crippen LogP contribution is 2.41. The van der Waals surface area contributed by atoms with Crippen LogP contribution in [0.1, 0.15) is 35.2 Å². The summed E-state index contributed by atoms with van der Waals surface area (Å²) in [5, 5.41) is 20.5. The van der Waals surface area contributed by atoms with E-state index in [4.69, 9.17) is 4.74 Å². The lowest BCUT2D eigenvalue weighted by Crippen LogP contribution is -2.38. The Kier molecular flexibility index (Phi) is 7.20. The van der Waals surface area contributed by atoms with Gasteiger partial charge in [0.1, 0.15) is 23.4 Å². The lowest BCUT2D eigenvalue weighted by atomic mass is 9.97. The molecular weight excluding hydrogens is 477 g/mol. The summed E-state index contributed by atoms with van der Waals surface area (Å²) in [6.07, 6.45) is 2.49. The summed E-state index contributed by atoms with van der Waals surface area (Å²) in [6.45, 7) is 2.33. The third-order valence-electron chi connectivity index (χ3n) is 6.59. The number of nitrogens with zero attached hydrogens (tertiary/aromatic N) is 1. The molecule has 0 amide bonds. The fourth-order valence-corrected chi connectivity index (χ4v) is 5.92. The second-order valence-electron chi connectivity index (χ2n) is 9.09. The van der Waals surface area contributed by atoms with Gasteiger partial charge in [-0.1, -0.05) is 0 Å². The highest BCUT2D eigenvalue weighted by atomic mass is 32.1. The minimum Gasteiger partial charge on any atom is -0.508 e. The van der Waals surface area contributed by atoms with Crippen LogP contribution in [-0.4, -0.2) is 53.3 Å². The van der Waals surface area contributed by atoms with Crippen molar-refractivity contribution < 1.29 is 24.1 Å². The van der Waals surface area contributed by atoms with Gasteiger partial charge in [-0.25, -0.2) is 0 Å². The fourth-order valence-electron chi connectivity index (χ4n) is 4.68. The third kappa shape index (κ3) is 5.22. The number of likely N-dealkylation sites (tertiary alicyclic amines) is 1. The molecule has 1 fully saturated rings. The van der Waals surface area contributed by atoms with Crippen molar-refractivity contribution in [3.63, 3.8) is 0 Å². The van der Waals surface area contributed by atoms with Crippen LogP contribution in [0.4, 0.5) is 4.39 Å². The summed E-state index contributed by atoms with van der Waals surface area (Å²) in [5.41, 5.74) is 1.96. The molecule has 5 nitrogen and oxygen atoms in total. The maximum Gasteiger partial charge on any atom is 0.195 e. The zero-order chi connectivity index (χ0) is 25.1. The summed E-state index contributed by atoms with van der Waals surface area (Å²) in [4.78, 5) is 16.8. The number of piperidine rings is 1. The molecule has 1 aromatic heterocycles. The molecule has 0 radical (unpaired) electrons. The van der Waals surface area contributed by atoms with Gasteiger partial charge < -0.3 is 19.8 Å². The average Bonchev–Trinajstić information content (AvgIpc) is 3.27. The number of benzene rings is 3. The number of halogens is 1. The summed E-state index contributed by atoms with van der Waals surface area (Å²) >= 11 is 1.44. The Hall–Kier alpha value is -3.42. The Morgan fingerprint density at radius 1 is 0.972 bits per heavy atom. The van der Waals surface area contributed by atoms with Crippen molar-refractivity contribution in [2.24, 2.45) is 0 Å². The van der Waals surface area contributed by atoms with Gasteiger partial charge >= 0.3 is 0 Å². The van der Waals surface area contributed by atoms with E-state index in [2.05, 4.69) is 4.90 Å². The number of ether oxygens (including phenoxy) is 1. The molecule has 2 N–H and O–H groups in total. The van der Waals surface area contributed by atoms with E-state index in [1.165, 1.54) is 11.3 Å². The van der Waals surface area contributed by atoms with Crippen LogP contribution in [0.3, 0.4) is 0 Å². The number of aromatic hydroxyl groups is 2. The van der Waals surface area contributed by atoms with Crippen LogP contribution in [0.5, 0.6) is 17.2 Å². The number of hydrogen-bond acceptors (Lipinski definition) is 6. The average molecular weight is 506 g/mol. The Bertz CT molecular complexity index is 1340. The van der Waals surface area contributed by atoms with Gasteiger partial charge in [-0.15, -0.1) is 11.3 Å². The minimum absolute atomic E-state index is 0.109. The minimum atomic E-state index is -0.276. The predicted molar refractivity (Wildman–Crippen MR) is 141 cm³/mol. The second-order valence-corrected chi connectivity index (χ2v) is 10.1. The van der Waals surface area contributed by atoms with Crippen LogP contribution in [-0.2, 0) is 0 Å². The van der Waals surface area contributed by atoms with E-state index < -0.39 is 0 Å². The topological polar surface area (TPSA) is 70.0 Å². The van der Waals surface area contributed by atoms with Gasteiger partial charge in [0.2, 0.25) is 0 Å². The number of fused-ring (bicyclic) bond motifs is 1. The van der Waals surface area contributed by atoms with Crippen molar-refractivity contribution in [2.75, 3.05) is 26.3 Å². The van der Waals surface area contributed by atoms with Crippen LogP contribution in [0, 0.1) is 0 Å². The quantitative estimate of drug-likeness (QED) is 0.271. The Morgan fingerprint density at radius 2 is 1.67 bits per heavy atom. The molecule has 0 atom stereocenters. The first-order valence-corrected chi connectivity index (χ1v) is 13.0. The summed E-state index contributed by atoms with van der Waals surface area (Å²) in [6, 6.07) is 19.1. The van der Waals surface area contributed by atoms with Gasteiger partial charge in [-0.2, -0.15) is 0 Å². The van der Waals surface area contributed by atoms with E-state index in [1.54, 1.807) is 54.6 Å². The lowest BCUT2D eigenvalue weighted by molar-refractivity contribution is 0.0987. The van der Waals surface area contributed by atoms with Crippen molar-refractivity contribution in [1.29, 1.82) is 0 Å². The number of carbonyl (C=O) groups excluding carboxylic acids is 1. The largest absolute Gasteiger partial charge is 0.508 e. The molecule has 1 saturated heterocycles. The van der Waals surface area contributed by atoms with Gasteiger partial charge in [0.05, 0.1) is 6.67 Å². The fraction of sp³-hybridized carbons (Fsp3) is 0.276. The number of alkyl halides is 1. The van der Waals surface area contributed by atoms with E-state index in [0.29, 0.717) is 17.5 Å². The molecule has 5 rings (SSSR count). The smallest absolute Gasteiger partial charge is 0.195 e. The van der Waals surface area contributed by atoms with Crippen molar-refractivity contribution in [3.05, 3.63) is 77.9 Å². The van der Waals surface area contributed by atoms with Gasteiger partial charge in [0.25, 0.3) is 0 Å². The third-order valence-corrected chi connectivity index (χ3v) is 7.79. The highest BCUT2D eigenvalue weighted by molar-refractivity contribution is 7.22. The van der Waals surface area contributed by atoms with E-state index in [-0.39, 0.29) is 30.1 Å². The zero-order valence-electron chi connectivity index (χ0n) is 19.8. The second kappa shape index (κ2) is 10.7. The Balaban J connectivity index is 1.36. The van der Waals surface area contributed by atoms with Gasteiger partial charge in [0, 0.05) is 45.7 Å². The number of phenols is 2.